The summed E-state index contributed by atoms with van der Waals surface area (Å²) in [7, 11) is 3.22. The van der Waals surface area contributed by atoms with Gasteiger partial charge in [0.15, 0.2) is 11.0 Å². The number of hydrazone groups is 1. The van der Waals surface area contributed by atoms with Crippen molar-refractivity contribution < 1.29 is 14.3 Å². The van der Waals surface area contributed by atoms with Crippen LogP contribution in [0.5, 0.6) is 11.5 Å². The number of nitrogens with two attached hydrogens (primary N) is 1. The van der Waals surface area contributed by atoms with Crippen LogP contribution in [0, 0.1) is 0 Å². The fraction of sp³-hybridized carbons (Fsp3) is 0.176. The molecule has 7 heteroatoms. The van der Waals surface area contributed by atoms with Crippen LogP contribution in [0.3, 0.4) is 0 Å². The average Bonchev–Trinajstić information content (AvgIpc) is 2.61. The van der Waals surface area contributed by atoms with Gasteiger partial charge in [-0.2, -0.15) is 5.10 Å². The van der Waals surface area contributed by atoms with E-state index < -0.39 is 0 Å². The number of ether oxygens (including phenoxy) is 2. The molecule has 2 aromatic carbocycles. The molecule has 2 aromatic rings. The molecule has 3 N–H and O–H groups in total. The predicted molar refractivity (Wildman–Crippen MR) is 98.0 cm³/mol. The Bertz CT molecular complexity index is 670. The van der Waals surface area contributed by atoms with Gasteiger partial charge in [-0.3, -0.25) is 10.2 Å². The molecule has 0 saturated carbocycles. The summed E-state index contributed by atoms with van der Waals surface area (Å²) < 4.78 is 9.90. The van der Waals surface area contributed by atoms with Crippen LogP contribution in [0.1, 0.15) is 6.92 Å². The Kier molecular flexibility index (Phi) is 8.15. The minimum absolute atomic E-state index is 0.0779. The number of carbonyl (C=O) groups is 1. The molecule has 0 spiro atoms. The minimum Gasteiger partial charge on any atom is -0.497 e. The molecule has 0 bridgehead atoms. The number of ketones is 1. The third kappa shape index (κ3) is 7.02. The van der Waals surface area contributed by atoms with E-state index in [1.54, 1.807) is 50.6 Å². The normalized spacial score (nSPS) is 10.2. The lowest BCUT2D eigenvalue weighted by Gasteiger charge is -2.02. The lowest BCUT2D eigenvalue weighted by atomic mass is 10.3. The zero-order valence-electron chi connectivity index (χ0n) is 13.7. The number of methoxy groups -OCH3 is 2. The molecular formula is C17H20ClN3O3. The van der Waals surface area contributed by atoms with Gasteiger partial charge in [0.05, 0.1) is 19.9 Å². The molecule has 0 saturated heterocycles. The van der Waals surface area contributed by atoms with E-state index in [0.29, 0.717) is 0 Å². The van der Waals surface area contributed by atoms with E-state index in [0.717, 1.165) is 22.9 Å². The topological polar surface area (TPSA) is 85.9 Å². The van der Waals surface area contributed by atoms with Crippen molar-refractivity contribution >= 4 is 33.9 Å². The summed E-state index contributed by atoms with van der Waals surface area (Å²) in [4.78, 5) is 10.7. The number of carbonyl (C=O) groups excluding carboxylic acids is 1. The first kappa shape index (κ1) is 19.3. The molecule has 24 heavy (non-hydrogen) atoms. The van der Waals surface area contributed by atoms with E-state index >= 15 is 0 Å². The number of nitrogens with one attached hydrogen (secondary N) is 1. The van der Waals surface area contributed by atoms with Gasteiger partial charge in [-0.05, 0) is 48.5 Å². The number of nitrogen functional groups attached to an aromatic ring is 1. The van der Waals surface area contributed by atoms with Gasteiger partial charge >= 0.3 is 0 Å². The number of benzene rings is 2. The standard InChI is InChI=1S/C10H11ClN2O2.C7H9NO/c1-7(14)10(11)13-12-8-3-5-9(15-2)6-4-8;1-9-7-4-2-6(8)3-5-7/h3-6,12H,1-2H3;2-5H,8H2,1H3/b13-10-;. The highest BCUT2D eigenvalue weighted by Gasteiger charge is 2.00. The predicted octanol–water partition coefficient (Wildman–Crippen LogP) is 3.53. The van der Waals surface area contributed by atoms with Crippen molar-refractivity contribution in [1.29, 1.82) is 0 Å². The molecule has 0 heterocycles. The maximum absolute atomic E-state index is 10.7. The fourth-order valence-electron chi connectivity index (χ4n) is 1.46. The van der Waals surface area contributed by atoms with E-state index in [9.17, 15) is 4.79 Å². The highest BCUT2D eigenvalue weighted by Crippen LogP contribution is 2.15. The maximum Gasteiger partial charge on any atom is 0.191 e. The molecule has 0 amide bonds. The monoisotopic (exact) mass is 349 g/mol. The van der Waals surface area contributed by atoms with Gasteiger partial charge < -0.3 is 15.2 Å². The number of hydrogen-bond donors (Lipinski definition) is 2. The van der Waals surface area contributed by atoms with E-state index in [1.165, 1.54) is 6.92 Å². The summed E-state index contributed by atoms with van der Waals surface area (Å²) in [6, 6.07) is 14.4. The Morgan fingerprint density at radius 3 is 1.88 bits per heavy atom. The highest BCUT2D eigenvalue weighted by molar-refractivity contribution is 6.82. The fourth-order valence-corrected chi connectivity index (χ4v) is 1.50. The molecule has 128 valence electrons. The lowest BCUT2D eigenvalue weighted by molar-refractivity contribution is -0.110. The largest absolute Gasteiger partial charge is 0.497 e. The Morgan fingerprint density at radius 2 is 1.46 bits per heavy atom. The minimum atomic E-state index is -0.280. The van der Waals surface area contributed by atoms with Crippen LogP contribution in [0.25, 0.3) is 0 Å². The van der Waals surface area contributed by atoms with Gasteiger partial charge in [-0.15, -0.1) is 0 Å². The summed E-state index contributed by atoms with van der Waals surface area (Å²) in [5, 5.41) is 3.61. The Labute approximate surface area is 146 Å². The number of halogens is 1. The van der Waals surface area contributed by atoms with E-state index in [-0.39, 0.29) is 11.0 Å². The van der Waals surface area contributed by atoms with Crippen molar-refractivity contribution in [3.05, 3.63) is 48.5 Å². The smallest absolute Gasteiger partial charge is 0.191 e. The molecule has 0 aliphatic carbocycles. The van der Waals surface area contributed by atoms with Crippen molar-refractivity contribution in [2.75, 3.05) is 25.4 Å². The molecule has 0 unspecified atom stereocenters. The highest BCUT2D eigenvalue weighted by atomic mass is 35.5. The van der Waals surface area contributed by atoms with Crippen LogP contribution in [0.2, 0.25) is 0 Å². The first-order valence-electron chi connectivity index (χ1n) is 7.00. The van der Waals surface area contributed by atoms with Crippen LogP contribution in [0.15, 0.2) is 53.6 Å². The second-order valence-electron chi connectivity index (χ2n) is 4.57. The molecule has 2 rings (SSSR count). The zero-order valence-corrected chi connectivity index (χ0v) is 14.5. The van der Waals surface area contributed by atoms with Gasteiger partial charge in [0.25, 0.3) is 0 Å². The van der Waals surface area contributed by atoms with Gasteiger partial charge in [-0.25, -0.2) is 0 Å². The average molecular weight is 350 g/mol. The van der Waals surface area contributed by atoms with Gasteiger partial charge in [0.2, 0.25) is 0 Å². The van der Waals surface area contributed by atoms with Crippen LogP contribution in [0.4, 0.5) is 11.4 Å². The molecule has 6 nitrogen and oxygen atoms in total. The maximum atomic E-state index is 10.7. The first-order chi connectivity index (χ1) is 11.5. The number of anilines is 2. The van der Waals surface area contributed by atoms with Crippen molar-refractivity contribution in [2.24, 2.45) is 5.10 Å². The second kappa shape index (κ2) is 10.1. The molecule has 0 fully saturated rings. The molecular weight excluding hydrogens is 330 g/mol. The Morgan fingerprint density at radius 1 is 1.00 bits per heavy atom. The van der Waals surface area contributed by atoms with Gasteiger partial charge in [0.1, 0.15) is 11.5 Å². The molecule has 0 atom stereocenters. The van der Waals surface area contributed by atoms with Gasteiger partial charge in [-0.1, -0.05) is 11.6 Å². The number of nitrogens with zero attached hydrogens (tertiary/aromatic N) is 1. The van der Waals surface area contributed by atoms with E-state index in [1.807, 2.05) is 12.1 Å². The zero-order chi connectivity index (χ0) is 17.9. The van der Waals surface area contributed by atoms with Crippen molar-refractivity contribution in [1.82, 2.24) is 0 Å². The van der Waals surface area contributed by atoms with E-state index in [2.05, 4.69) is 10.5 Å². The summed E-state index contributed by atoms with van der Waals surface area (Å²) in [5.41, 5.74) is 9.57. The van der Waals surface area contributed by atoms with Crippen molar-refractivity contribution in [3.8, 4) is 11.5 Å². The van der Waals surface area contributed by atoms with E-state index in [4.69, 9.17) is 26.8 Å². The first-order valence-corrected chi connectivity index (χ1v) is 7.37. The van der Waals surface area contributed by atoms with Gasteiger partial charge in [0, 0.05) is 12.6 Å². The van der Waals surface area contributed by atoms with Crippen molar-refractivity contribution in [2.45, 2.75) is 6.92 Å². The third-order valence-corrected chi connectivity index (χ3v) is 3.13. The summed E-state index contributed by atoms with van der Waals surface area (Å²) in [5.74, 6) is 1.31. The molecule has 0 aliphatic heterocycles. The van der Waals surface area contributed by atoms with Crippen LogP contribution in [-0.2, 0) is 4.79 Å². The Hall–Kier alpha value is -2.73. The third-order valence-electron chi connectivity index (χ3n) is 2.78. The molecule has 0 aliphatic rings. The van der Waals surface area contributed by atoms with Crippen LogP contribution in [-0.4, -0.2) is 25.2 Å². The summed E-state index contributed by atoms with van der Waals surface area (Å²) in [6.07, 6.45) is 0. The number of Topliss-reactive ketones (excluding diaryl/α,β-unsaturated/α-hetero) is 1. The lowest BCUT2D eigenvalue weighted by Crippen LogP contribution is -2.04. The Balaban J connectivity index is 0.000000272. The second-order valence-corrected chi connectivity index (χ2v) is 4.93. The summed E-state index contributed by atoms with van der Waals surface area (Å²) >= 11 is 5.54. The SMILES string of the molecule is COc1ccc(N)cc1.COc1ccc(N/N=C(\Cl)C(C)=O)cc1. The molecule has 0 radical (unpaired) electrons. The number of hydrogen-bond acceptors (Lipinski definition) is 6. The summed E-state index contributed by atoms with van der Waals surface area (Å²) in [6.45, 7) is 1.35. The van der Waals surface area contributed by atoms with Crippen LogP contribution < -0.4 is 20.6 Å². The number of rotatable bonds is 5. The van der Waals surface area contributed by atoms with Crippen LogP contribution >= 0.6 is 11.6 Å². The van der Waals surface area contributed by atoms with Crippen molar-refractivity contribution in [3.63, 3.8) is 0 Å². The quantitative estimate of drug-likeness (QED) is 0.490. The molecule has 0 aromatic heterocycles.